The first kappa shape index (κ1) is 7.79. The Bertz CT molecular complexity index is 419. The van der Waals surface area contributed by atoms with Crippen LogP contribution in [0, 0.1) is 6.92 Å². The SMILES string of the molecule is Cc1cc(-c2cccnc2N)n[nH]1. The number of aryl methyl sites for hydroxylation is 1. The Labute approximate surface area is 75.8 Å². The number of aromatic nitrogens is 3. The van der Waals surface area contributed by atoms with E-state index >= 15 is 0 Å². The van der Waals surface area contributed by atoms with Crippen LogP contribution in [0.2, 0.25) is 0 Å². The number of hydrogen-bond donors (Lipinski definition) is 2. The quantitative estimate of drug-likeness (QED) is 0.686. The number of aromatic amines is 1. The van der Waals surface area contributed by atoms with E-state index in [-0.39, 0.29) is 0 Å². The van der Waals surface area contributed by atoms with Crippen LogP contribution in [0.15, 0.2) is 24.4 Å². The normalized spacial score (nSPS) is 10.2. The van der Waals surface area contributed by atoms with Crippen LogP contribution in [0.5, 0.6) is 0 Å². The van der Waals surface area contributed by atoms with Crippen LogP contribution in [-0.4, -0.2) is 15.2 Å². The molecule has 0 aliphatic rings. The van der Waals surface area contributed by atoms with Gasteiger partial charge in [-0.1, -0.05) is 0 Å². The topological polar surface area (TPSA) is 67.6 Å². The third kappa shape index (κ3) is 1.38. The van der Waals surface area contributed by atoms with Gasteiger partial charge in [-0.05, 0) is 25.1 Å². The average Bonchev–Trinajstić information content (AvgIpc) is 2.53. The number of nitrogens with two attached hydrogens (primary N) is 1. The fourth-order valence-electron chi connectivity index (χ4n) is 1.19. The maximum absolute atomic E-state index is 5.70. The monoisotopic (exact) mass is 174 g/mol. The van der Waals surface area contributed by atoms with Crippen LogP contribution in [-0.2, 0) is 0 Å². The number of rotatable bonds is 1. The summed E-state index contributed by atoms with van der Waals surface area (Å²) >= 11 is 0. The van der Waals surface area contributed by atoms with Gasteiger partial charge < -0.3 is 5.73 Å². The summed E-state index contributed by atoms with van der Waals surface area (Å²) in [4.78, 5) is 3.99. The molecule has 0 saturated heterocycles. The molecule has 0 atom stereocenters. The zero-order valence-corrected chi connectivity index (χ0v) is 7.28. The molecule has 2 aromatic heterocycles. The van der Waals surface area contributed by atoms with Crippen LogP contribution >= 0.6 is 0 Å². The highest BCUT2D eigenvalue weighted by molar-refractivity contribution is 5.70. The smallest absolute Gasteiger partial charge is 0.132 e. The highest BCUT2D eigenvalue weighted by Gasteiger charge is 2.04. The van der Waals surface area contributed by atoms with Crippen molar-refractivity contribution in [2.45, 2.75) is 6.92 Å². The van der Waals surface area contributed by atoms with Gasteiger partial charge in [-0.3, -0.25) is 5.10 Å². The fourth-order valence-corrected chi connectivity index (χ4v) is 1.19. The van der Waals surface area contributed by atoms with E-state index in [2.05, 4.69) is 15.2 Å². The van der Waals surface area contributed by atoms with Crippen molar-refractivity contribution in [3.63, 3.8) is 0 Å². The zero-order chi connectivity index (χ0) is 9.26. The summed E-state index contributed by atoms with van der Waals surface area (Å²) in [6, 6.07) is 5.68. The number of hydrogen-bond acceptors (Lipinski definition) is 3. The maximum Gasteiger partial charge on any atom is 0.132 e. The summed E-state index contributed by atoms with van der Waals surface area (Å²) in [5.74, 6) is 0.508. The van der Waals surface area contributed by atoms with E-state index in [1.165, 1.54) is 0 Å². The third-order valence-electron chi connectivity index (χ3n) is 1.82. The summed E-state index contributed by atoms with van der Waals surface area (Å²) in [7, 11) is 0. The Morgan fingerprint density at radius 3 is 2.92 bits per heavy atom. The minimum Gasteiger partial charge on any atom is -0.383 e. The Morgan fingerprint density at radius 2 is 2.31 bits per heavy atom. The molecule has 2 rings (SSSR count). The molecule has 3 N–H and O–H groups in total. The minimum absolute atomic E-state index is 0.508. The lowest BCUT2D eigenvalue weighted by atomic mass is 10.2. The number of anilines is 1. The Morgan fingerprint density at radius 1 is 1.46 bits per heavy atom. The number of nitrogen functional groups attached to an aromatic ring is 1. The van der Waals surface area contributed by atoms with Crippen LogP contribution in [0.4, 0.5) is 5.82 Å². The van der Waals surface area contributed by atoms with Gasteiger partial charge >= 0.3 is 0 Å². The molecule has 0 radical (unpaired) electrons. The van der Waals surface area contributed by atoms with Crippen molar-refractivity contribution in [2.24, 2.45) is 0 Å². The second-order valence-corrected chi connectivity index (χ2v) is 2.87. The number of H-pyrrole nitrogens is 1. The molecular formula is C9H10N4. The molecule has 2 aromatic rings. The van der Waals surface area contributed by atoms with Crippen molar-refractivity contribution >= 4 is 5.82 Å². The van der Waals surface area contributed by atoms with Gasteiger partial charge in [-0.25, -0.2) is 4.98 Å². The molecule has 0 aliphatic carbocycles. The van der Waals surface area contributed by atoms with Gasteiger partial charge in [0.05, 0.1) is 5.69 Å². The van der Waals surface area contributed by atoms with Crippen molar-refractivity contribution in [1.29, 1.82) is 0 Å². The van der Waals surface area contributed by atoms with Gasteiger partial charge in [0.25, 0.3) is 0 Å². The molecule has 0 aromatic carbocycles. The van der Waals surface area contributed by atoms with E-state index in [4.69, 9.17) is 5.73 Å². The first-order valence-electron chi connectivity index (χ1n) is 4.00. The van der Waals surface area contributed by atoms with Gasteiger partial charge in [0.15, 0.2) is 0 Å². The van der Waals surface area contributed by atoms with E-state index in [9.17, 15) is 0 Å². The molecule has 66 valence electrons. The molecule has 0 aliphatic heterocycles. The Kier molecular flexibility index (Phi) is 1.73. The lowest BCUT2D eigenvalue weighted by molar-refractivity contribution is 1.05. The van der Waals surface area contributed by atoms with Gasteiger partial charge in [-0.15, -0.1) is 0 Å². The Balaban J connectivity index is 2.52. The summed E-state index contributed by atoms with van der Waals surface area (Å²) in [5.41, 5.74) is 8.41. The molecule has 0 bridgehead atoms. The molecule has 0 spiro atoms. The number of pyridine rings is 1. The second kappa shape index (κ2) is 2.90. The lowest BCUT2D eigenvalue weighted by Gasteiger charge is -1.98. The molecule has 4 heteroatoms. The molecule has 13 heavy (non-hydrogen) atoms. The van der Waals surface area contributed by atoms with E-state index in [0.29, 0.717) is 5.82 Å². The zero-order valence-electron chi connectivity index (χ0n) is 7.28. The highest BCUT2D eigenvalue weighted by atomic mass is 15.1. The van der Waals surface area contributed by atoms with Gasteiger partial charge in [0, 0.05) is 17.5 Å². The van der Waals surface area contributed by atoms with Crippen molar-refractivity contribution in [3.05, 3.63) is 30.1 Å². The average molecular weight is 174 g/mol. The lowest BCUT2D eigenvalue weighted by Crippen LogP contribution is -1.92. The summed E-state index contributed by atoms with van der Waals surface area (Å²) in [6.45, 7) is 1.95. The summed E-state index contributed by atoms with van der Waals surface area (Å²) in [5, 5.41) is 6.96. The molecule has 4 nitrogen and oxygen atoms in total. The number of nitrogens with one attached hydrogen (secondary N) is 1. The summed E-state index contributed by atoms with van der Waals surface area (Å²) < 4.78 is 0. The molecule has 2 heterocycles. The van der Waals surface area contributed by atoms with Crippen LogP contribution in [0.1, 0.15) is 5.69 Å². The molecule has 0 unspecified atom stereocenters. The predicted octanol–water partition coefficient (Wildman–Crippen LogP) is 1.36. The minimum atomic E-state index is 0.508. The van der Waals surface area contributed by atoms with Gasteiger partial charge in [0.1, 0.15) is 5.82 Å². The molecule has 0 fully saturated rings. The van der Waals surface area contributed by atoms with Crippen LogP contribution in [0.25, 0.3) is 11.3 Å². The predicted molar refractivity (Wildman–Crippen MR) is 51.0 cm³/mol. The van der Waals surface area contributed by atoms with E-state index in [1.807, 2.05) is 25.1 Å². The first-order chi connectivity index (χ1) is 6.27. The van der Waals surface area contributed by atoms with Crippen molar-refractivity contribution in [2.75, 3.05) is 5.73 Å². The van der Waals surface area contributed by atoms with Crippen molar-refractivity contribution in [3.8, 4) is 11.3 Å². The van der Waals surface area contributed by atoms with Gasteiger partial charge in [-0.2, -0.15) is 5.10 Å². The summed E-state index contributed by atoms with van der Waals surface area (Å²) in [6.07, 6.45) is 1.67. The fraction of sp³-hybridized carbons (Fsp3) is 0.111. The van der Waals surface area contributed by atoms with Crippen molar-refractivity contribution < 1.29 is 0 Å². The first-order valence-corrected chi connectivity index (χ1v) is 4.00. The van der Waals surface area contributed by atoms with Crippen LogP contribution in [0.3, 0.4) is 0 Å². The van der Waals surface area contributed by atoms with E-state index in [1.54, 1.807) is 6.20 Å². The molecule has 0 amide bonds. The Hall–Kier alpha value is -1.84. The highest BCUT2D eigenvalue weighted by Crippen LogP contribution is 2.21. The van der Waals surface area contributed by atoms with E-state index < -0.39 is 0 Å². The standard InChI is InChI=1S/C9H10N4/c1-6-5-8(13-12-6)7-3-2-4-11-9(7)10/h2-5H,1H3,(H2,10,11)(H,12,13). The molecule has 0 saturated carbocycles. The van der Waals surface area contributed by atoms with E-state index in [0.717, 1.165) is 17.0 Å². The maximum atomic E-state index is 5.70. The third-order valence-corrected chi connectivity index (χ3v) is 1.82. The second-order valence-electron chi connectivity index (χ2n) is 2.87. The number of nitrogens with zero attached hydrogens (tertiary/aromatic N) is 2. The molecular weight excluding hydrogens is 164 g/mol. The largest absolute Gasteiger partial charge is 0.383 e. The van der Waals surface area contributed by atoms with Crippen LogP contribution < -0.4 is 5.73 Å². The van der Waals surface area contributed by atoms with Gasteiger partial charge in [0.2, 0.25) is 0 Å². The van der Waals surface area contributed by atoms with Crippen molar-refractivity contribution in [1.82, 2.24) is 15.2 Å².